The van der Waals surface area contributed by atoms with E-state index in [0.29, 0.717) is 12.0 Å². The van der Waals surface area contributed by atoms with Crippen LogP contribution in [0.25, 0.3) is 0 Å². The predicted molar refractivity (Wildman–Crippen MR) is 105 cm³/mol. The van der Waals surface area contributed by atoms with Crippen molar-refractivity contribution in [3.05, 3.63) is 83.7 Å². The van der Waals surface area contributed by atoms with Crippen LogP contribution in [0, 0.1) is 5.82 Å². The minimum Gasteiger partial charge on any atom is -0.497 e. The van der Waals surface area contributed by atoms with Gasteiger partial charge in [0.2, 0.25) is 0 Å². The third-order valence-corrected chi connectivity index (χ3v) is 4.26. The number of carbonyl (C=O) groups excluding carboxylic acids is 1. The standard InChI is InChI=1S/C21H20FN3O2/c1-13(20(26)17-5-3-4-6-18(17)22)16-11-12-19(25-21(16)23)24-14-7-9-15(27-2)10-8-14/h3-11,19,24H,1,12H2,2H3,(H2,23,25). The maximum Gasteiger partial charge on any atom is 0.196 e. The van der Waals surface area contributed by atoms with Gasteiger partial charge in [0, 0.05) is 23.3 Å². The van der Waals surface area contributed by atoms with Gasteiger partial charge in [0.1, 0.15) is 23.6 Å². The fraction of sp³-hybridized carbons (Fsp3) is 0.143. The summed E-state index contributed by atoms with van der Waals surface area (Å²) in [6.45, 7) is 3.79. The summed E-state index contributed by atoms with van der Waals surface area (Å²) in [5.74, 6) is -0.131. The molecule has 2 aromatic rings. The zero-order valence-electron chi connectivity index (χ0n) is 14.9. The molecule has 0 radical (unpaired) electrons. The SMILES string of the molecule is C=C(C(=O)c1ccccc1F)C1=CCC(Nc2ccc(OC)cc2)N=C1N. The number of aliphatic imine (C=N–C) groups is 1. The second kappa shape index (κ2) is 7.86. The van der Waals surface area contributed by atoms with Gasteiger partial charge in [-0.25, -0.2) is 9.38 Å². The van der Waals surface area contributed by atoms with Gasteiger partial charge in [-0.15, -0.1) is 0 Å². The van der Waals surface area contributed by atoms with Crippen LogP contribution in [-0.2, 0) is 0 Å². The van der Waals surface area contributed by atoms with E-state index in [2.05, 4.69) is 16.9 Å². The fourth-order valence-corrected chi connectivity index (χ4v) is 2.80. The van der Waals surface area contributed by atoms with Crippen LogP contribution in [0.2, 0.25) is 0 Å². The van der Waals surface area contributed by atoms with E-state index >= 15 is 0 Å². The van der Waals surface area contributed by atoms with Crippen LogP contribution in [0.1, 0.15) is 16.8 Å². The molecule has 1 aliphatic heterocycles. The van der Waals surface area contributed by atoms with E-state index in [0.717, 1.165) is 11.4 Å². The Hall–Kier alpha value is -3.41. The minimum absolute atomic E-state index is 0.0327. The van der Waals surface area contributed by atoms with Crippen LogP contribution in [-0.4, -0.2) is 24.9 Å². The van der Waals surface area contributed by atoms with Crippen molar-refractivity contribution in [2.45, 2.75) is 12.6 Å². The number of carbonyl (C=O) groups is 1. The van der Waals surface area contributed by atoms with Crippen LogP contribution in [0.15, 0.2) is 77.3 Å². The number of halogens is 1. The first-order chi connectivity index (χ1) is 13.0. The lowest BCUT2D eigenvalue weighted by Crippen LogP contribution is -2.29. The smallest absolute Gasteiger partial charge is 0.196 e. The summed E-state index contributed by atoms with van der Waals surface area (Å²) in [6.07, 6.45) is 2.05. The highest BCUT2D eigenvalue weighted by Gasteiger charge is 2.23. The number of hydrogen-bond donors (Lipinski definition) is 2. The van der Waals surface area contributed by atoms with E-state index in [1.165, 1.54) is 18.2 Å². The quantitative estimate of drug-likeness (QED) is 0.604. The van der Waals surface area contributed by atoms with Crippen LogP contribution in [0.4, 0.5) is 10.1 Å². The van der Waals surface area contributed by atoms with E-state index in [-0.39, 0.29) is 23.1 Å². The first-order valence-electron chi connectivity index (χ1n) is 8.42. The van der Waals surface area contributed by atoms with E-state index < -0.39 is 11.6 Å². The molecule has 0 aromatic heterocycles. The van der Waals surface area contributed by atoms with Crippen LogP contribution < -0.4 is 15.8 Å². The summed E-state index contributed by atoms with van der Waals surface area (Å²) in [5.41, 5.74) is 7.45. The van der Waals surface area contributed by atoms with Crippen molar-refractivity contribution in [1.29, 1.82) is 0 Å². The van der Waals surface area contributed by atoms with Crippen LogP contribution in [0.3, 0.4) is 0 Å². The molecule has 0 saturated carbocycles. The highest BCUT2D eigenvalue weighted by Crippen LogP contribution is 2.23. The van der Waals surface area contributed by atoms with Crippen molar-refractivity contribution in [3.8, 4) is 5.75 Å². The number of anilines is 1. The molecule has 27 heavy (non-hydrogen) atoms. The van der Waals surface area contributed by atoms with Gasteiger partial charge in [-0.05, 0) is 36.4 Å². The summed E-state index contributed by atoms with van der Waals surface area (Å²) < 4.78 is 19.0. The molecule has 0 bridgehead atoms. The van der Waals surface area contributed by atoms with Gasteiger partial charge in [-0.1, -0.05) is 24.8 Å². The average Bonchev–Trinajstić information content (AvgIpc) is 2.68. The van der Waals surface area contributed by atoms with E-state index in [1.54, 1.807) is 19.3 Å². The topological polar surface area (TPSA) is 76.7 Å². The molecular weight excluding hydrogens is 345 g/mol. The number of methoxy groups -OCH3 is 1. The Bertz CT molecular complexity index is 933. The van der Waals surface area contributed by atoms with E-state index in [9.17, 15) is 9.18 Å². The molecule has 138 valence electrons. The molecule has 6 heteroatoms. The van der Waals surface area contributed by atoms with E-state index in [1.807, 2.05) is 24.3 Å². The summed E-state index contributed by atoms with van der Waals surface area (Å²) in [5, 5.41) is 3.25. The molecule has 1 unspecified atom stereocenters. The number of hydrogen-bond acceptors (Lipinski definition) is 5. The van der Waals surface area contributed by atoms with Crippen molar-refractivity contribution in [2.24, 2.45) is 10.7 Å². The number of rotatable bonds is 6. The third-order valence-electron chi connectivity index (χ3n) is 4.26. The molecule has 3 N–H and O–H groups in total. The molecule has 0 aliphatic carbocycles. The molecule has 0 fully saturated rings. The average molecular weight is 365 g/mol. The molecule has 0 saturated heterocycles. The van der Waals surface area contributed by atoms with E-state index in [4.69, 9.17) is 10.5 Å². The zero-order chi connectivity index (χ0) is 19.4. The lowest BCUT2D eigenvalue weighted by Gasteiger charge is -2.22. The van der Waals surface area contributed by atoms with Crippen molar-refractivity contribution >= 4 is 17.3 Å². The molecule has 1 heterocycles. The number of amidine groups is 1. The number of nitrogens with zero attached hydrogens (tertiary/aromatic N) is 1. The first-order valence-corrected chi connectivity index (χ1v) is 8.42. The zero-order valence-corrected chi connectivity index (χ0v) is 14.9. The number of ether oxygens (including phenoxy) is 1. The van der Waals surface area contributed by atoms with Gasteiger partial charge in [0.05, 0.1) is 12.7 Å². The maximum atomic E-state index is 13.9. The second-order valence-corrected chi connectivity index (χ2v) is 6.04. The Labute approximate surface area is 157 Å². The number of Topliss-reactive ketones (excluding diaryl/α,β-unsaturated/α-hetero) is 1. The van der Waals surface area contributed by atoms with Gasteiger partial charge in [0.25, 0.3) is 0 Å². The Kier molecular flexibility index (Phi) is 5.35. The lowest BCUT2D eigenvalue weighted by molar-refractivity contribution is 0.103. The van der Waals surface area contributed by atoms with Gasteiger partial charge < -0.3 is 15.8 Å². The predicted octanol–water partition coefficient (Wildman–Crippen LogP) is 3.70. The van der Waals surface area contributed by atoms with Gasteiger partial charge in [-0.2, -0.15) is 0 Å². The van der Waals surface area contributed by atoms with Crippen molar-refractivity contribution in [3.63, 3.8) is 0 Å². The summed E-state index contributed by atoms with van der Waals surface area (Å²) in [7, 11) is 1.61. The van der Waals surface area contributed by atoms with Gasteiger partial charge in [-0.3, -0.25) is 4.79 Å². The fourth-order valence-electron chi connectivity index (χ4n) is 2.80. The van der Waals surface area contributed by atoms with Crippen molar-refractivity contribution < 1.29 is 13.9 Å². The number of ketones is 1. The van der Waals surface area contributed by atoms with Crippen LogP contribution >= 0.6 is 0 Å². The number of benzene rings is 2. The highest BCUT2D eigenvalue weighted by molar-refractivity contribution is 6.19. The molecule has 2 aromatic carbocycles. The molecule has 0 amide bonds. The first kappa shape index (κ1) is 18.4. The molecular formula is C21H20FN3O2. The molecule has 5 nitrogen and oxygen atoms in total. The van der Waals surface area contributed by atoms with Gasteiger partial charge in [0.15, 0.2) is 5.78 Å². The molecule has 1 aliphatic rings. The van der Waals surface area contributed by atoms with Gasteiger partial charge >= 0.3 is 0 Å². The normalized spacial score (nSPS) is 16.1. The highest BCUT2D eigenvalue weighted by atomic mass is 19.1. The Morgan fingerprint density at radius 3 is 2.59 bits per heavy atom. The maximum absolute atomic E-state index is 13.9. The van der Waals surface area contributed by atoms with Crippen molar-refractivity contribution in [2.75, 3.05) is 12.4 Å². The number of dihydropyridines is 1. The number of nitrogens with one attached hydrogen (secondary N) is 1. The van der Waals surface area contributed by atoms with Crippen LogP contribution in [0.5, 0.6) is 5.75 Å². The second-order valence-electron chi connectivity index (χ2n) is 6.04. The molecule has 1 atom stereocenters. The monoisotopic (exact) mass is 365 g/mol. The Morgan fingerprint density at radius 2 is 1.96 bits per heavy atom. The third kappa shape index (κ3) is 4.06. The largest absolute Gasteiger partial charge is 0.497 e. The number of nitrogens with two attached hydrogens (primary N) is 1. The summed E-state index contributed by atoms with van der Waals surface area (Å²) in [6, 6.07) is 13.2. The summed E-state index contributed by atoms with van der Waals surface area (Å²) >= 11 is 0. The molecule has 0 spiro atoms. The Balaban J connectivity index is 1.70. The lowest BCUT2D eigenvalue weighted by atomic mass is 9.95. The Morgan fingerprint density at radius 1 is 1.26 bits per heavy atom. The molecule has 3 rings (SSSR count). The van der Waals surface area contributed by atoms with Crippen molar-refractivity contribution in [1.82, 2.24) is 0 Å². The minimum atomic E-state index is -0.588. The summed E-state index contributed by atoms with van der Waals surface area (Å²) in [4.78, 5) is 16.9.